The molecule has 0 fully saturated rings. The van der Waals surface area contributed by atoms with Crippen molar-refractivity contribution in [2.45, 2.75) is 13.0 Å². The molecule has 0 aliphatic carbocycles. The number of hydrogen-bond acceptors (Lipinski definition) is 3. The van der Waals surface area contributed by atoms with Gasteiger partial charge in [0.05, 0.1) is 0 Å². The minimum Gasteiger partial charge on any atom is -0.454 e. The Morgan fingerprint density at radius 2 is 1.91 bits per heavy atom. The number of fused-ring (bicyclic) bond motifs is 1. The standard InChI is InChI=1S/C17H17FN2O2S/c18-14-3-1-2-12(8-14)6-7-19-17(23)20-10-13-4-5-15-16(9-13)22-11-21-15/h1-5,8-9H,6-7,10-11H2,(H2,19,20,23). The summed E-state index contributed by atoms with van der Waals surface area (Å²) in [5.41, 5.74) is 2.00. The molecule has 0 saturated heterocycles. The van der Waals surface area contributed by atoms with Crippen LogP contribution in [0, 0.1) is 5.82 Å². The molecular weight excluding hydrogens is 315 g/mol. The van der Waals surface area contributed by atoms with E-state index in [0.717, 1.165) is 22.6 Å². The van der Waals surface area contributed by atoms with Gasteiger partial charge < -0.3 is 20.1 Å². The van der Waals surface area contributed by atoms with Gasteiger partial charge in [-0.15, -0.1) is 0 Å². The first-order valence-corrected chi connectivity index (χ1v) is 7.76. The topological polar surface area (TPSA) is 42.5 Å². The highest BCUT2D eigenvalue weighted by Gasteiger charge is 2.12. The van der Waals surface area contributed by atoms with E-state index in [1.54, 1.807) is 6.07 Å². The quantitative estimate of drug-likeness (QED) is 0.824. The molecule has 23 heavy (non-hydrogen) atoms. The first-order chi connectivity index (χ1) is 11.2. The lowest BCUT2D eigenvalue weighted by Gasteiger charge is -2.11. The second-order valence-corrected chi connectivity index (χ2v) is 5.59. The third-order valence-electron chi connectivity index (χ3n) is 3.48. The third-order valence-corrected chi connectivity index (χ3v) is 3.77. The first-order valence-electron chi connectivity index (χ1n) is 7.35. The maximum Gasteiger partial charge on any atom is 0.231 e. The first kappa shape index (κ1) is 15.6. The molecule has 0 aromatic heterocycles. The Morgan fingerprint density at radius 3 is 2.78 bits per heavy atom. The lowest BCUT2D eigenvalue weighted by molar-refractivity contribution is 0.174. The Kier molecular flexibility index (Phi) is 4.92. The zero-order valence-electron chi connectivity index (χ0n) is 12.5. The summed E-state index contributed by atoms with van der Waals surface area (Å²) in [4.78, 5) is 0. The fourth-order valence-electron chi connectivity index (χ4n) is 2.31. The molecule has 0 bridgehead atoms. The minimum atomic E-state index is -0.217. The molecule has 0 unspecified atom stereocenters. The van der Waals surface area contributed by atoms with Crippen molar-refractivity contribution in [3.8, 4) is 11.5 Å². The summed E-state index contributed by atoms with van der Waals surface area (Å²) >= 11 is 5.24. The van der Waals surface area contributed by atoms with E-state index in [0.29, 0.717) is 24.6 Å². The largest absolute Gasteiger partial charge is 0.454 e. The van der Waals surface area contributed by atoms with Gasteiger partial charge in [0.15, 0.2) is 16.6 Å². The van der Waals surface area contributed by atoms with Gasteiger partial charge in [-0.05, 0) is 54.0 Å². The van der Waals surface area contributed by atoms with Gasteiger partial charge in [-0.2, -0.15) is 0 Å². The fraction of sp³-hybridized carbons (Fsp3) is 0.235. The summed E-state index contributed by atoms with van der Waals surface area (Å²) < 4.78 is 23.7. The molecular formula is C17H17FN2O2S. The molecule has 2 aromatic carbocycles. The van der Waals surface area contributed by atoms with Crippen molar-refractivity contribution in [2.75, 3.05) is 13.3 Å². The van der Waals surface area contributed by atoms with E-state index in [2.05, 4.69) is 10.6 Å². The van der Waals surface area contributed by atoms with Crippen LogP contribution < -0.4 is 20.1 Å². The molecule has 2 aromatic rings. The van der Waals surface area contributed by atoms with E-state index in [1.807, 2.05) is 24.3 Å². The number of halogens is 1. The molecule has 2 N–H and O–H groups in total. The minimum absolute atomic E-state index is 0.217. The van der Waals surface area contributed by atoms with Crippen molar-refractivity contribution in [1.29, 1.82) is 0 Å². The van der Waals surface area contributed by atoms with Crippen LogP contribution in [0.1, 0.15) is 11.1 Å². The smallest absolute Gasteiger partial charge is 0.231 e. The van der Waals surface area contributed by atoms with Crippen molar-refractivity contribution in [3.05, 3.63) is 59.4 Å². The Balaban J connectivity index is 1.41. The van der Waals surface area contributed by atoms with Crippen LogP contribution in [0.4, 0.5) is 4.39 Å². The van der Waals surface area contributed by atoms with Crippen LogP contribution in [0.3, 0.4) is 0 Å². The molecule has 1 heterocycles. The number of thiocarbonyl (C=S) groups is 1. The zero-order chi connectivity index (χ0) is 16.1. The van der Waals surface area contributed by atoms with Crippen LogP contribution in [0.15, 0.2) is 42.5 Å². The number of benzene rings is 2. The summed E-state index contributed by atoms with van der Waals surface area (Å²) in [6.45, 7) is 1.52. The highest BCUT2D eigenvalue weighted by atomic mass is 32.1. The molecule has 4 nitrogen and oxygen atoms in total. The lowest BCUT2D eigenvalue weighted by Crippen LogP contribution is -2.35. The normalized spacial score (nSPS) is 12.0. The zero-order valence-corrected chi connectivity index (χ0v) is 13.3. The Morgan fingerprint density at radius 1 is 1.04 bits per heavy atom. The highest BCUT2D eigenvalue weighted by Crippen LogP contribution is 2.32. The summed E-state index contributed by atoms with van der Waals surface area (Å²) in [5.74, 6) is 1.31. The molecule has 1 aliphatic rings. The third kappa shape index (κ3) is 4.32. The van der Waals surface area contributed by atoms with E-state index >= 15 is 0 Å². The second kappa shape index (κ2) is 7.28. The van der Waals surface area contributed by atoms with Gasteiger partial charge in [0.1, 0.15) is 5.82 Å². The van der Waals surface area contributed by atoms with Crippen LogP contribution in [-0.2, 0) is 13.0 Å². The predicted molar refractivity (Wildman–Crippen MR) is 90.1 cm³/mol. The molecule has 0 radical (unpaired) electrons. The van der Waals surface area contributed by atoms with E-state index in [-0.39, 0.29) is 12.6 Å². The van der Waals surface area contributed by atoms with Gasteiger partial charge in [-0.25, -0.2) is 4.39 Å². The number of hydrogen-bond donors (Lipinski definition) is 2. The SMILES string of the molecule is Fc1cccc(CCNC(=S)NCc2ccc3c(c2)OCO3)c1. The van der Waals surface area contributed by atoms with Crippen molar-refractivity contribution in [2.24, 2.45) is 0 Å². The van der Waals surface area contributed by atoms with E-state index in [4.69, 9.17) is 21.7 Å². The van der Waals surface area contributed by atoms with E-state index < -0.39 is 0 Å². The molecule has 120 valence electrons. The summed E-state index contributed by atoms with van der Waals surface area (Å²) in [7, 11) is 0. The molecule has 0 atom stereocenters. The average molecular weight is 332 g/mol. The molecule has 1 aliphatic heterocycles. The van der Waals surface area contributed by atoms with E-state index in [1.165, 1.54) is 12.1 Å². The molecule has 3 rings (SSSR count). The maximum atomic E-state index is 13.1. The summed E-state index contributed by atoms with van der Waals surface area (Å²) in [5, 5.41) is 6.82. The molecule has 6 heteroatoms. The average Bonchev–Trinajstić information content (AvgIpc) is 3.00. The van der Waals surface area contributed by atoms with Crippen molar-refractivity contribution < 1.29 is 13.9 Å². The van der Waals surface area contributed by atoms with Crippen LogP contribution in [0.5, 0.6) is 11.5 Å². The van der Waals surface area contributed by atoms with Crippen LogP contribution in [0.2, 0.25) is 0 Å². The summed E-state index contributed by atoms with van der Waals surface area (Å²) in [6, 6.07) is 12.4. The van der Waals surface area contributed by atoms with Gasteiger partial charge in [0.2, 0.25) is 6.79 Å². The van der Waals surface area contributed by atoms with Gasteiger partial charge in [0, 0.05) is 13.1 Å². The van der Waals surface area contributed by atoms with Crippen LogP contribution in [-0.4, -0.2) is 18.5 Å². The van der Waals surface area contributed by atoms with Crippen molar-refractivity contribution >= 4 is 17.3 Å². The van der Waals surface area contributed by atoms with Crippen LogP contribution in [0.25, 0.3) is 0 Å². The van der Waals surface area contributed by atoms with Gasteiger partial charge in [-0.1, -0.05) is 18.2 Å². The monoisotopic (exact) mass is 332 g/mol. The van der Waals surface area contributed by atoms with Gasteiger partial charge in [-0.3, -0.25) is 0 Å². The Bertz CT molecular complexity index is 709. The lowest BCUT2D eigenvalue weighted by atomic mass is 10.1. The molecule has 0 spiro atoms. The van der Waals surface area contributed by atoms with E-state index in [9.17, 15) is 4.39 Å². The van der Waals surface area contributed by atoms with Gasteiger partial charge >= 0.3 is 0 Å². The summed E-state index contributed by atoms with van der Waals surface area (Å²) in [6.07, 6.45) is 0.712. The maximum absolute atomic E-state index is 13.1. The molecule has 0 saturated carbocycles. The fourth-order valence-corrected chi connectivity index (χ4v) is 2.48. The predicted octanol–water partition coefficient (Wildman–Crippen LogP) is 2.76. The molecule has 0 amide bonds. The van der Waals surface area contributed by atoms with Crippen molar-refractivity contribution in [3.63, 3.8) is 0 Å². The number of ether oxygens (including phenoxy) is 2. The Labute approximate surface area is 139 Å². The second-order valence-electron chi connectivity index (χ2n) is 5.18. The highest BCUT2D eigenvalue weighted by molar-refractivity contribution is 7.80. The number of nitrogens with one attached hydrogen (secondary N) is 2. The van der Waals surface area contributed by atoms with Crippen molar-refractivity contribution in [1.82, 2.24) is 10.6 Å². The van der Waals surface area contributed by atoms with Crippen LogP contribution >= 0.6 is 12.2 Å². The number of rotatable bonds is 5. The van der Waals surface area contributed by atoms with Gasteiger partial charge in [0.25, 0.3) is 0 Å². The Hall–Kier alpha value is -2.34.